The molecule has 0 aliphatic carbocycles. The highest BCUT2D eigenvalue weighted by Crippen LogP contribution is 2.26. The van der Waals surface area contributed by atoms with Crippen LogP contribution in [0.2, 0.25) is 0 Å². The van der Waals surface area contributed by atoms with Crippen LogP contribution in [0.25, 0.3) is 0 Å². The van der Waals surface area contributed by atoms with Gasteiger partial charge in [0.25, 0.3) is 0 Å². The van der Waals surface area contributed by atoms with E-state index in [1.165, 1.54) is 0 Å². The number of hydrogen-bond acceptors (Lipinski definition) is 3. The number of rotatable bonds is 4. The number of nitrogens with zero attached hydrogens (tertiary/aromatic N) is 1. The molecule has 1 amide bonds. The second kappa shape index (κ2) is 8.37. The largest absolute Gasteiger partial charge is 0.395 e. The van der Waals surface area contributed by atoms with Gasteiger partial charge in [0.15, 0.2) is 0 Å². The summed E-state index contributed by atoms with van der Waals surface area (Å²) >= 11 is 0. The third-order valence-electron chi connectivity index (χ3n) is 3.91. The van der Waals surface area contributed by atoms with Gasteiger partial charge in [-0.05, 0) is 44.4 Å². The standard InChI is InChI=1S/C16H24N2O2.ClH/c1-12-6-5-7-13(2)15(12)18(10-11-19)16(20)14-8-3-4-9-17-14;/h5-7,14,17,19H,3-4,8-11H2,1-2H3;1H. The number of amides is 1. The highest BCUT2D eigenvalue weighted by Gasteiger charge is 2.27. The summed E-state index contributed by atoms with van der Waals surface area (Å²) in [6.45, 7) is 5.24. The first kappa shape index (κ1) is 18.0. The van der Waals surface area contributed by atoms with Gasteiger partial charge in [-0.25, -0.2) is 0 Å². The number of hydrogen-bond donors (Lipinski definition) is 2. The minimum absolute atomic E-state index is 0. The summed E-state index contributed by atoms with van der Waals surface area (Å²) in [5.74, 6) is 0.0798. The van der Waals surface area contributed by atoms with Gasteiger partial charge in [-0.2, -0.15) is 0 Å². The van der Waals surface area contributed by atoms with E-state index in [0.717, 1.165) is 42.6 Å². The van der Waals surface area contributed by atoms with Gasteiger partial charge in [0.1, 0.15) is 0 Å². The van der Waals surface area contributed by atoms with E-state index >= 15 is 0 Å². The molecule has 0 aromatic heterocycles. The van der Waals surface area contributed by atoms with Crippen LogP contribution in [0.5, 0.6) is 0 Å². The van der Waals surface area contributed by atoms with Crippen molar-refractivity contribution in [1.82, 2.24) is 5.32 Å². The highest BCUT2D eigenvalue weighted by atomic mass is 35.5. The summed E-state index contributed by atoms with van der Waals surface area (Å²) in [6.07, 6.45) is 3.10. The lowest BCUT2D eigenvalue weighted by atomic mass is 10.0. The first-order valence-electron chi connectivity index (χ1n) is 7.37. The predicted molar refractivity (Wildman–Crippen MR) is 88.2 cm³/mol. The number of aryl methyl sites for hydroxylation is 2. The van der Waals surface area contributed by atoms with Gasteiger partial charge in [0.05, 0.1) is 12.6 Å². The molecule has 1 fully saturated rings. The SMILES string of the molecule is Cc1cccc(C)c1N(CCO)C(=O)C1CCCCN1.Cl. The van der Waals surface area contributed by atoms with E-state index in [4.69, 9.17) is 0 Å². The fraction of sp³-hybridized carbons (Fsp3) is 0.562. The zero-order valence-corrected chi connectivity index (χ0v) is 13.6. The maximum atomic E-state index is 12.7. The first-order chi connectivity index (χ1) is 9.65. The number of piperidine rings is 1. The van der Waals surface area contributed by atoms with E-state index in [1.54, 1.807) is 4.90 Å². The van der Waals surface area contributed by atoms with Gasteiger partial charge in [-0.1, -0.05) is 24.6 Å². The predicted octanol–water partition coefficient (Wildman–Crippen LogP) is 2.19. The Morgan fingerprint density at radius 2 is 2.00 bits per heavy atom. The molecule has 1 aromatic rings. The molecule has 0 spiro atoms. The molecule has 4 nitrogen and oxygen atoms in total. The van der Waals surface area contributed by atoms with Gasteiger partial charge < -0.3 is 15.3 Å². The lowest BCUT2D eigenvalue weighted by Gasteiger charge is -2.31. The van der Waals surface area contributed by atoms with E-state index in [2.05, 4.69) is 5.32 Å². The number of para-hydroxylation sites is 1. The van der Waals surface area contributed by atoms with Crippen molar-refractivity contribution in [3.63, 3.8) is 0 Å². The molecule has 0 radical (unpaired) electrons. The van der Waals surface area contributed by atoms with E-state index < -0.39 is 0 Å². The summed E-state index contributed by atoms with van der Waals surface area (Å²) < 4.78 is 0. The van der Waals surface area contributed by atoms with Gasteiger partial charge in [0.2, 0.25) is 5.91 Å². The van der Waals surface area contributed by atoms with Crippen molar-refractivity contribution >= 4 is 24.0 Å². The molecule has 0 saturated carbocycles. The molecule has 5 heteroatoms. The molecule has 1 aromatic carbocycles. The van der Waals surface area contributed by atoms with Crippen LogP contribution in [0, 0.1) is 13.8 Å². The molecule has 1 aliphatic rings. The topological polar surface area (TPSA) is 52.6 Å². The Hall–Kier alpha value is -1.10. The quantitative estimate of drug-likeness (QED) is 0.896. The fourth-order valence-electron chi connectivity index (χ4n) is 2.91. The van der Waals surface area contributed by atoms with Crippen molar-refractivity contribution in [3.05, 3.63) is 29.3 Å². The molecule has 2 N–H and O–H groups in total. The third kappa shape index (κ3) is 4.19. The minimum atomic E-state index is -0.116. The Morgan fingerprint density at radius 1 is 1.33 bits per heavy atom. The van der Waals surface area contributed by atoms with Crippen LogP contribution in [-0.2, 0) is 4.79 Å². The van der Waals surface area contributed by atoms with Crippen molar-refractivity contribution < 1.29 is 9.90 Å². The monoisotopic (exact) mass is 312 g/mol. The van der Waals surface area contributed by atoms with Crippen molar-refractivity contribution in [2.75, 3.05) is 24.6 Å². The molecule has 1 saturated heterocycles. The van der Waals surface area contributed by atoms with Crippen molar-refractivity contribution in [2.24, 2.45) is 0 Å². The summed E-state index contributed by atoms with van der Waals surface area (Å²) in [6, 6.07) is 5.89. The van der Waals surface area contributed by atoms with Gasteiger partial charge >= 0.3 is 0 Å². The van der Waals surface area contributed by atoms with E-state index in [-0.39, 0.29) is 31.0 Å². The first-order valence-corrected chi connectivity index (χ1v) is 7.37. The average molecular weight is 313 g/mol. The number of carbonyl (C=O) groups is 1. The number of carbonyl (C=O) groups excluding carboxylic acids is 1. The average Bonchev–Trinajstić information content (AvgIpc) is 2.46. The van der Waals surface area contributed by atoms with Crippen molar-refractivity contribution in [3.8, 4) is 0 Å². The third-order valence-corrected chi connectivity index (χ3v) is 3.91. The second-order valence-electron chi connectivity index (χ2n) is 5.46. The van der Waals surface area contributed by atoms with Crippen LogP contribution in [0.4, 0.5) is 5.69 Å². The van der Waals surface area contributed by atoms with Crippen LogP contribution >= 0.6 is 12.4 Å². The minimum Gasteiger partial charge on any atom is -0.395 e. The smallest absolute Gasteiger partial charge is 0.244 e. The van der Waals surface area contributed by atoms with Gasteiger partial charge in [-0.3, -0.25) is 4.79 Å². The Kier molecular flexibility index (Phi) is 7.15. The molecule has 1 unspecified atom stereocenters. The van der Waals surface area contributed by atoms with Crippen LogP contribution in [0.15, 0.2) is 18.2 Å². The molecule has 21 heavy (non-hydrogen) atoms. The summed E-state index contributed by atoms with van der Waals surface area (Å²) in [5, 5.41) is 12.6. The van der Waals surface area contributed by atoms with Crippen LogP contribution in [0.3, 0.4) is 0 Å². The van der Waals surface area contributed by atoms with E-state index in [1.807, 2.05) is 32.0 Å². The number of nitrogens with one attached hydrogen (secondary N) is 1. The van der Waals surface area contributed by atoms with Crippen LogP contribution in [-0.4, -0.2) is 36.8 Å². The zero-order valence-electron chi connectivity index (χ0n) is 12.8. The highest BCUT2D eigenvalue weighted by molar-refractivity contribution is 5.98. The maximum absolute atomic E-state index is 12.7. The Labute approximate surface area is 132 Å². The normalized spacial score (nSPS) is 18.0. The molecule has 1 heterocycles. The number of aliphatic hydroxyl groups excluding tert-OH is 1. The summed E-state index contributed by atoms with van der Waals surface area (Å²) in [7, 11) is 0. The maximum Gasteiger partial charge on any atom is 0.244 e. The number of anilines is 1. The summed E-state index contributed by atoms with van der Waals surface area (Å²) in [5.41, 5.74) is 3.09. The molecule has 118 valence electrons. The lowest BCUT2D eigenvalue weighted by Crippen LogP contribution is -2.50. The Bertz CT molecular complexity index is 453. The molecule has 0 bridgehead atoms. The number of benzene rings is 1. The number of aliphatic hydroxyl groups is 1. The van der Waals surface area contributed by atoms with Crippen molar-refractivity contribution in [2.45, 2.75) is 39.2 Å². The second-order valence-corrected chi connectivity index (χ2v) is 5.46. The van der Waals surface area contributed by atoms with Crippen LogP contribution < -0.4 is 10.2 Å². The zero-order chi connectivity index (χ0) is 14.5. The fourth-order valence-corrected chi connectivity index (χ4v) is 2.91. The van der Waals surface area contributed by atoms with Crippen molar-refractivity contribution in [1.29, 1.82) is 0 Å². The molecule has 2 rings (SSSR count). The lowest BCUT2D eigenvalue weighted by molar-refractivity contribution is -0.121. The van der Waals surface area contributed by atoms with E-state index in [0.29, 0.717) is 6.54 Å². The van der Waals surface area contributed by atoms with Gasteiger partial charge in [0, 0.05) is 12.2 Å². The molecule has 1 atom stereocenters. The van der Waals surface area contributed by atoms with Gasteiger partial charge in [-0.15, -0.1) is 12.4 Å². The van der Waals surface area contributed by atoms with E-state index in [9.17, 15) is 9.90 Å². The molecular weight excluding hydrogens is 288 g/mol. The Balaban J connectivity index is 0.00000220. The molecule has 1 aliphatic heterocycles. The Morgan fingerprint density at radius 3 is 2.52 bits per heavy atom. The summed E-state index contributed by atoms with van der Waals surface area (Å²) in [4.78, 5) is 14.5. The van der Waals surface area contributed by atoms with Crippen LogP contribution in [0.1, 0.15) is 30.4 Å². The molecular formula is C16H25ClN2O2. The number of halogens is 1.